The van der Waals surface area contributed by atoms with Gasteiger partial charge in [-0.1, -0.05) is 34.6 Å². The van der Waals surface area contributed by atoms with Crippen LogP contribution in [0.3, 0.4) is 0 Å². The SMILES string of the molecule is CCCNC(CCN(CC)CC)CC(C)C. The molecule has 1 unspecified atom stereocenters. The van der Waals surface area contributed by atoms with Gasteiger partial charge in [0.2, 0.25) is 0 Å². The Bertz CT molecular complexity index is 142. The Kier molecular flexibility index (Phi) is 10.0. The number of hydrogen-bond donors (Lipinski definition) is 1. The molecule has 0 heterocycles. The van der Waals surface area contributed by atoms with E-state index in [1.807, 2.05) is 0 Å². The molecular weight excluding hydrogens is 196 g/mol. The maximum atomic E-state index is 3.68. The summed E-state index contributed by atoms with van der Waals surface area (Å²) in [6, 6.07) is 0.709. The highest BCUT2D eigenvalue weighted by Crippen LogP contribution is 2.09. The van der Waals surface area contributed by atoms with E-state index in [0.717, 1.165) is 12.5 Å². The predicted octanol–water partition coefficient (Wildman–Crippen LogP) is 3.13. The second-order valence-corrected chi connectivity index (χ2v) is 5.10. The van der Waals surface area contributed by atoms with Crippen LogP contribution in [-0.4, -0.2) is 37.1 Å². The molecule has 98 valence electrons. The minimum Gasteiger partial charge on any atom is -0.314 e. The molecule has 2 heteroatoms. The fourth-order valence-electron chi connectivity index (χ4n) is 2.10. The van der Waals surface area contributed by atoms with Gasteiger partial charge in [0.15, 0.2) is 0 Å². The Balaban J connectivity index is 3.89. The first kappa shape index (κ1) is 15.9. The zero-order valence-electron chi connectivity index (χ0n) is 12.1. The zero-order chi connectivity index (χ0) is 12.4. The zero-order valence-corrected chi connectivity index (χ0v) is 12.1. The third kappa shape index (κ3) is 8.12. The van der Waals surface area contributed by atoms with Crippen molar-refractivity contribution in [2.24, 2.45) is 5.92 Å². The quantitative estimate of drug-likeness (QED) is 0.618. The maximum absolute atomic E-state index is 3.68. The van der Waals surface area contributed by atoms with Crippen LogP contribution in [0.1, 0.15) is 53.9 Å². The van der Waals surface area contributed by atoms with Crippen molar-refractivity contribution in [1.29, 1.82) is 0 Å². The van der Waals surface area contributed by atoms with Gasteiger partial charge in [-0.25, -0.2) is 0 Å². The molecule has 0 fully saturated rings. The summed E-state index contributed by atoms with van der Waals surface area (Å²) in [4.78, 5) is 2.51. The van der Waals surface area contributed by atoms with E-state index >= 15 is 0 Å². The van der Waals surface area contributed by atoms with Crippen LogP contribution in [0, 0.1) is 5.92 Å². The number of nitrogens with one attached hydrogen (secondary N) is 1. The summed E-state index contributed by atoms with van der Waals surface area (Å²) in [5.74, 6) is 0.797. The Hall–Kier alpha value is -0.0800. The van der Waals surface area contributed by atoms with Gasteiger partial charge in [0.1, 0.15) is 0 Å². The predicted molar refractivity (Wildman–Crippen MR) is 73.9 cm³/mol. The van der Waals surface area contributed by atoms with E-state index in [-0.39, 0.29) is 0 Å². The summed E-state index contributed by atoms with van der Waals surface area (Å²) in [6.07, 6.45) is 3.83. The van der Waals surface area contributed by atoms with Crippen LogP contribution in [0.2, 0.25) is 0 Å². The van der Waals surface area contributed by atoms with Gasteiger partial charge in [0.05, 0.1) is 0 Å². The van der Waals surface area contributed by atoms with Crippen LogP contribution >= 0.6 is 0 Å². The molecule has 0 saturated heterocycles. The lowest BCUT2D eigenvalue weighted by Gasteiger charge is -2.24. The third-order valence-corrected chi connectivity index (χ3v) is 3.13. The topological polar surface area (TPSA) is 15.3 Å². The molecule has 0 amide bonds. The van der Waals surface area contributed by atoms with Crippen LogP contribution in [0.25, 0.3) is 0 Å². The van der Waals surface area contributed by atoms with E-state index in [1.165, 1.54) is 38.9 Å². The third-order valence-electron chi connectivity index (χ3n) is 3.13. The van der Waals surface area contributed by atoms with Crippen molar-refractivity contribution in [3.63, 3.8) is 0 Å². The molecule has 0 aromatic carbocycles. The lowest BCUT2D eigenvalue weighted by Crippen LogP contribution is -2.35. The Labute approximate surface area is 103 Å². The standard InChI is InChI=1S/C14H32N2/c1-6-10-15-14(12-13(4)5)9-11-16(7-2)8-3/h13-15H,6-12H2,1-5H3. The normalized spacial score (nSPS) is 13.7. The van der Waals surface area contributed by atoms with Crippen molar-refractivity contribution in [3.8, 4) is 0 Å². The first-order valence-corrected chi connectivity index (χ1v) is 7.09. The van der Waals surface area contributed by atoms with E-state index in [1.54, 1.807) is 0 Å². The van der Waals surface area contributed by atoms with Gasteiger partial charge in [-0.05, 0) is 51.4 Å². The molecule has 0 spiro atoms. The van der Waals surface area contributed by atoms with Crippen LogP contribution in [-0.2, 0) is 0 Å². The summed E-state index contributed by atoms with van der Waals surface area (Å²) in [5.41, 5.74) is 0. The molecule has 1 N–H and O–H groups in total. The van der Waals surface area contributed by atoms with Crippen molar-refractivity contribution in [1.82, 2.24) is 10.2 Å². The summed E-state index contributed by atoms with van der Waals surface area (Å²) in [6.45, 7) is 16.1. The van der Waals surface area contributed by atoms with Crippen molar-refractivity contribution in [2.75, 3.05) is 26.2 Å². The summed E-state index contributed by atoms with van der Waals surface area (Å²) < 4.78 is 0. The van der Waals surface area contributed by atoms with Gasteiger partial charge >= 0.3 is 0 Å². The molecule has 0 aromatic heterocycles. The minimum atomic E-state index is 0.709. The molecule has 0 saturated carbocycles. The molecule has 0 aliphatic rings. The van der Waals surface area contributed by atoms with Crippen LogP contribution in [0.5, 0.6) is 0 Å². The molecule has 0 radical (unpaired) electrons. The summed E-state index contributed by atoms with van der Waals surface area (Å²) in [5, 5.41) is 3.68. The average molecular weight is 228 g/mol. The lowest BCUT2D eigenvalue weighted by atomic mass is 10.0. The Morgan fingerprint density at radius 3 is 2.12 bits per heavy atom. The number of hydrogen-bond acceptors (Lipinski definition) is 2. The Morgan fingerprint density at radius 1 is 1.06 bits per heavy atom. The smallest absolute Gasteiger partial charge is 0.00816 e. The molecular formula is C14H32N2. The van der Waals surface area contributed by atoms with E-state index in [0.29, 0.717) is 6.04 Å². The molecule has 0 rings (SSSR count). The average Bonchev–Trinajstić information content (AvgIpc) is 2.26. The van der Waals surface area contributed by atoms with Crippen LogP contribution in [0.15, 0.2) is 0 Å². The fourth-order valence-corrected chi connectivity index (χ4v) is 2.10. The number of nitrogens with zero attached hydrogens (tertiary/aromatic N) is 1. The Morgan fingerprint density at radius 2 is 1.69 bits per heavy atom. The van der Waals surface area contributed by atoms with Crippen molar-refractivity contribution < 1.29 is 0 Å². The molecule has 16 heavy (non-hydrogen) atoms. The molecule has 0 aliphatic carbocycles. The largest absolute Gasteiger partial charge is 0.314 e. The second kappa shape index (κ2) is 10.1. The molecule has 0 bridgehead atoms. The van der Waals surface area contributed by atoms with E-state index in [9.17, 15) is 0 Å². The van der Waals surface area contributed by atoms with Crippen molar-refractivity contribution in [2.45, 2.75) is 59.9 Å². The van der Waals surface area contributed by atoms with Gasteiger partial charge in [0.25, 0.3) is 0 Å². The second-order valence-electron chi connectivity index (χ2n) is 5.10. The van der Waals surface area contributed by atoms with Gasteiger partial charge in [-0.15, -0.1) is 0 Å². The molecule has 2 nitrogen and oxygen atoms in total. The van der Waals surface area contributed by atoms with E-state index in [4.69, 9.17) is 0 Å². The van der Waals surface area contributed by atoms with Gasteiger partial charge in [-0.3, -0.25) is 0 Å². The van der Waals surface area contributed by atoms with Crippen LogP contribution < -0.4 is 5.32 Å². The van der Waals surface area contributed by atoms with E-state index < -0.39 is 0 Å². The molecule has 0 aromatic rings. The highest BCUT2D eigenvalue weighted by atomic mass is 15.1. The highest BCUT2D eigenvalue weighted by molar-refractivity contribution is 4.70. The molecule has 0 aliphatic heterocycles. The van der Waals surface area contributed by atoms with Gasteiger partial charge in [0, 0.05) is 6.04 Å². The lowest BCUT2D eigenvalue weighted by molar-refractivity contribution is 0.270. The van der Waals surface area contributed by atoms with Crippen molar-refractivity contribution in [3.05, 3.63) is 0 Å². The van der Waals surface area contributed by atoms with E-state index in [2.05, 4.69) is 44.8 Å². The van der Waals surface area contributed by atoms with Crippen molar-refractivity contribution >= 4 is 0 Å². The molecule has 1 atom stereocenters. The van der Waals surface area contributed by atoms with Gasteiger partial charge in [-0.2, -0.15) is 0 Å². The maximum Gasteiger partial charge on any atom is 0.00816 e. The first-order valence-electron chi connectivity index (χ1n) is 7.09. The monoisotopic (exact) mass is 228 g/mol. The fraction of sp³-hybridized carbons (Fsp3) is 1.00. The minimum absolute atomic E-state index is 0.709. The van der Waals surface area contributed by atoms with Gasteiger partial charge < -0.3 is 10.2 Å². The summed E-state index contributed by atoms with van der Waals surface area (Å²) in [7, 11) is 0. The highest BCUT2D eigenvalue weighted by Gasteiger charge is 2.11. The number of rotatable bonds is 10. The first-order chi connectivity index (χ1) is 7.63. The van der Waals surface area contributed by atoms with Crippen LogP contribution in [0.4, 0.5) is 0 Å². The summed E-state index contributed by atoms with van der Waals surface area (Å²) >= 11 is 0.